The Kier molecular flexibility index (Phi) is 4.10. The lowest BCUT2D eigenvalue weighted by Crippen LogP contribution is -2.26. The molecule has 23 heavy (non-hydrogen) atoms. The first kappa shape index (κ1) is 14.8. The lowest BCUT2D eigenvalue weighted by atomic mass is 10.2. The molecular weight excluding hydrogens is 290 g/mol. The summed E-state index contributed by atoms with van der Waals surface area (Å²) in [7, 11) is 3.34. The zero-order chi connectivity index (χ0) is 16.2. The number of amides is 1. The first-order valence-electron chi connectivity index (χ1n) is 7.19. The van der Waals surface area contributed by atoms with Crippen LogP contribution >= 0.6 is 0 Å². The molecule has 2 heterocycles. The number of benzene rings is 1. The largest absolute Gasteiger partial charge is 0.497 e. The molecule has 0 N–H and O–H groups in total. The molecule has 0 aliphatic rings. The Morgan fingerprint density at radius 2 is 1.91 bits per heavy atom. The van der Waals surface area contributed by atoms with Crippen molar-refractivity contribution in [3.05, 3.63) is 72.8 Å². The molecule has 0 saturated carbocycles. The molecule has 0 aliphatic heterocycles. The van der Waals surface area contributed by atoms with Gasteiger partial charge in [-0.25, -0.2) is 0 Å². The molecule has 5 heteroatoms. The lowest BCUT2D eigenvalue weighted by molar-refractivity contribution is 0.0992. The van der Waals surface area contributed by atoms with Crippen molar-refractivity contribution in [2.45, 2.75) is 0 Å². The van der Waals surface area contributed by atoms with E-state index in [4.69, 9.17) is 4.74 Å². The van der Waals surface area contributed by atoms with Gasteiger partial charge in [0.2, 0.25) is 0 Å². The number of pyridine rings is 1. The highest BCUT2D eigenvalue weighted by Gasteiger charge is 2.15. The Bertz CT molecular complexity index is 813. The average Bonchev–Trinajstić information content (AvgIpc) is 3.15. The summed E-state index contributed by atoms with van der Waals surface area (Å²) in [6, 6.07) is 13.1. The van der Waals surface area contributed by atoms with Gasteiger partial charge in [0, 0.05) is 37.4 Å². The molecule has 0 aliphatic carbocycles. The van der Waals surface area contributed by atoms with Crippen molar-refractivity contribution in [2.75, 3.05) is 19.1 Å². The predicted octanol–water partition coefficient (Wildman–Crippen LogP) is 3.16. The Balaban J connectivity index is 1.89. The van der Waals surface area contributed by atoms with Crippen LogP contribution in [-0.2, 0) is 0 Å². The maximum atomic E-state index is 12.7. The predicted molar refractivity (Wildman–Crippen MR) is 89.3 cm³/mol. The van der Waals surface area contributed by atoms with Gasteiger partial charge in [-0.1, -0.05) is 6.07 Å². The van der Waals surface area contributed by atoms with Gasteiger partial charge in [0.05, 0.1) is 24.6 Å². The molecule has 0 bridgehead atoms. The SMILES string of the molecule is COc1cccc(N(C)C(=O)c2cncc(-n3cccc3)c2)c1. The van der Waals surface area contributed by atoms with E-state index in [1.54, 1.807) is 31.5 Å². The average molecular weight is 307 g/mol. The molecule has 5 nitrogen and oxygen atoms in total. The van der Waals surface area contributed by atoms with E-state index in [0.29, 0.717) is 11.3 Å². The second-order valence-electron chi connectivity index (χ2n) is 5.09. The first-order chi connectivity index (χ1) is 11.2. The number of methoxy groups -OCH3 is 1. The number of hydrogen-bond donors (Lipinski definition) is 0. The van der Waals surface area contributed by atoms with E-state index < -0.39 is 0 Å². The number of carbonyl (C=O) groups is 1. The van der Waals surface area contributed by atoms with Gasteiger partial charge in [-0.3, -0.25) is 9.78 Å². The minimum atomic E-state index is -0.125. The Morgan fingerprint density at radius 1 is 1.13 bits per heavy atom. The number of aromatic nitrogens is 2. The minimum Gasteiger partial charge on any atom is -0.497 e. The first-order valence-corrected chi connectivity index (χ1v) is 7.19. The van der Waals surface area contributed by atoms with Gasteiger partial charge in [0.15, 0.2) is 0 Å². The fourth-order valence-electron chi connectivity index (χ4n) is 2.32. The maximum absolute atomic E-state index is 12.7. The van der Waals surface area contributed by atoms with E-state index in [9.17, 15) is 4.79 Å². The van der Waals surface area contributed by atoms with Crippen molar-refractivity contribution in [3.8, 4) is 11.4 Å². The Hall–Kier alpha value is -3.08. The molecule has 1 aromatic carbocycles. The molecule has 0 unspecified atom stereocenters. The summed E-state index contributed by atoms with van der Waals surface area (Å²) in [4.78, 5) is 18.5. The van der Waals surface area contributed by atoms with Crippen molar-refractivity contribution in [2.24, 2.45) is 0 Å². The van der Waals surface area contributed by atoms with Crippen molar-refractivity contribution in [1.29, 1.82) is 0 Å². The molecule has 0 radical (unpaired) electrons. The highest BCUT2D eigenvalue weighted by Crippen LogP contribution is 2.21. The third kappa shape index (κ3) is 3.08. The van der Waals surface area contributed by atoms with Gasteiger partial charge < -0.3 is 14.2 Å². The summed E-state index contributed by atoms with van der Waals surface area (Å²) in [6.45, 7) is 0. The number of anilines is 1. The molecule has 0 atom stereocenters. The molecule has 0 fully saturated rings. The molecule has 3 aromatic rings. The zero-order valence-electron chi connectivity index (χ0n) is 13.0. The second kappa shape index (κ2) is 6.36. The van der Waals surface area contributed by atoms with Crippen molar-refractivity contribution >= 4 is 11.6 Å². The quantitative estimate of drug-likeness (QED) is 0.744. The molecule has 0 spiro atoms. The summed E-state index contributed by atoms with van der Waals surface area (Å²) in [5.41, 5.74) is 2.14. The molecule has 0 saturated heterocycles. The third-order valence-electron chi connectivity index (χ3n) is 3.62. The minimum absolute atomic E-state index is 0.125. The summed E-state index contributed by atoms with van der Waals surface area (Å²) < 4.78 is 7.12. The van der Waals surface area contributed by atoms with Crippen molar-refractivity contribution < 1.29 is 9.53 Å². The number of rotatable bonds is 4. The number of hydrogen-bond acceptors (Lipinski definition) is 3. The van der Waals surface area contributed by atoms with Crippen LogP contribution in [0.3, 0.4) is 0 Å². The monoisotopic (exact) mass is 307 g/mol. The van der Waals surface area contributed by atoms with Gasteiger partial charge in [-0.2, -0.15) is 0 Å². The fraction of sp³-hybridized carbons (Fsp3) is 0.111. The van der Waals surface area contributed by atoms with E-state index >= 15 is 0 Å². The van der Waals surface area contributed by atoms with Crippen molar-refractivity contribution in [1.82, 2.24) is 9.55 Å². The van der Waals surface area contributed by atoms with Gasteiger partial charge in [0.25, 0.3) is 5.91 Å². The van der Waals surface area contributed by atoms with Gasteiger partial charge >= 0.3 is 0 Å². The second-order valence-corrected chi connectivity index (χ2v) is 5.09. The molecule has 1 amide bonds. The van der Waals surface area contributed by atoms with Crippen molar-refractivity contribution in [3.63, 3.8) is 0 Å². The van der Waals surface area contributed by atoms with Gasteiger partial charge in [0.1, 0.15) is 5.75 Å². The Labute approximate surface area is 134 Å². The van der Waals surface area contributed by atoms with Gasteiger partial charge in [-0.05, 0) is 30.3 Å². The summed E-state index contributed by atoms with van der Waals surface area (Å²) >= 11 is 0. The van der Waals surface area contributed by atoms with Crippen LogP contribution in [-0.4, -0.2) is 29.6 Å². The molecule has 3 rings (SSSR count). The summed E-state index contributed by atoms with van der Waals surface area (Å²) in [6.07, 6.45) is 7.13. The fourth-order valence-corrected chi connectivity index (χ4v) is 2.32. The number of ether oxygens (including phenoxy) is 1. The van der Waals surface area contributed by atoms with Gasteiger partial charge in [-0.15, -0.1) is 0 Å². The highest BCUT2D eigenvalue weighted by molar-refractivity contribution is 6.05. The van der Waals surface area contributed by atoms with Crippen LogP contribution in [0.4, 0.5) is 5.69 Å². The van der Waals surface area contributed by atoms with Crippen LogP contribution in [0.1, 0.15) is 10.4 Å². The highest BCUT2D eigenvalue weighted by atomic mass is 16.5. The smallest absolute Gasteiger partial charge is 0.259 e. The maximum Gasteiger partial charge on any atom is 0.259 e. The van der Waals surface area contributed by atoms with E-state index in [2.05, 4.69) is 4.98 Å². The standard InChI is InChI=1S/C18H17N3O2/c1-20(15-6-5-7-17(11-15)23-2)18(22)14-10-16(13-19-12-14)21-8-3-4-9-21/h3-13H,1-2H3. The van der Waals surface area contributed by atoms with Crippen LogP contribution in [0, 0.1) is 0 Å². The Morgan fingerprint density at radius 3 is 2.65 bits per heavy atom. The van der Waals surface area contributed by atoms with Crippen LogP contribution in [0.2, 0.25) is 0 Å². The lowest BCUT2D eigenvalue weighted by Gasteiger charge is -2.18. The third-order valence-corrected chi connectivity index (χ3v) is 3.62. The van der Waals surface area contributed by atoms with Crippen LogP contribution < -0.4 is 9.64 Å². The van der Waals surface area contributed by atoms with E-state index in [-0.39, 0.29) is 5.91 Å². The van der Waals surface area contributed by atoms with E-state index in [1.165, 1.54) is 0 Å². The molecular formula is C18H17N3O2. The number of nitrogens with zero attached hydrogens (tertiary/aromatic N) is 3. The zero-order valence-corrected chi connectivity index (χ0v) is 13.0. The molecule has 116 valence electrons. The topological polar surface area (TPSA) is 47.4 Å². The van der Waals surface area contributed by atoms with Crippen LogP contribution in [0.5, 0.6) is 5.75 Å². The number of carbonyl (C=O) groups excluding carboxylic acids is 1. The molecule has 2 aromatic heterocycles. The van der Waals surface area contributed by atoms with Crippen LogP contribution in [0.25, 0.3) is 5.69 Å². The van der Waals surface area contributed by atoms with Crippen LogP contribution in [0.15, 0.2) is 67.3 Å². The summed E-state index contributed by atoms with van der Waals surface area (Å²) in [5.74, 6) is 0.584. The van der Waals surface area contributed by atoms with E-state index in [1.807, 2.05) is 59.4 Å². The normalized spacial score (nSPS) is 10.3. The van der Waals surface area contributed by atoms with E-state index in [0.717, 1.165) is 11.4 Å². The summed E-state index contributed by atoms with van der Waals surface area (Å²) in [5, 5.41) is 0.